The summed E-state index contributed by atoms with van der Waals surface area (Å²) in [7, 11) is 0. The van der Waals surface area contributed by atoms with Gasteiger partial charge in [-0.05, 0) is 49.5 Å². The molecule has 1 aromatic carbocycles. The number of fused-ring (bicyclic) bond motifs is 2. The average Bonchev–Trinajstić information content (AvgIpc) is 3.29. The molecule has 3 heterocycles. The maximum absolute atomic E-state index is 9.15. The lowest BCUT2D eigenvalue weighted by atomic mass is 9.88. The molecule has 0 aliphatic heterocycles. The third kappa shape index (κ3) is 2.71. The van der Waals surface area contributed by atoms with E-state index in [9.17, 15) is 0 Å². The standard InChI is InChI=1S/C21H17N5S/c1-13-25-18-10-16(6-7-19(18)27-13)17-12-24-26-9-8-23-20(21(17)26)15-4-2-14(11-22)3-5-15/h4,6-10,12,14H,2-3,5H2,1H3. The Labute approximate surface area is 160 Å². The first-order chi connectivity index (χ1) is 13.2. The molecule has 4 aromatic rings. The normalized spacial score (nSPS) is 17.2. The Morgan fingerprint density at radius 3 is 3.07 bits per heavy atom. The molecule has 0 spiro atoms. The van der Waals surface area contributed by atoms with Crippen LogP contribution in [-0.4, -0.2) is 19.6 Å². The fraction of sp³-hybridized carbons (Fsp3) is 0.238. The van der Waals surface area contributed by atoms with Crippen LogP contribution in [0.2, 0.25) is 0 Å². The van der Waals surface area contributed by atoms with Crippen molar-refractivity contribution in [1.82, 2.24) is 19.6 Å². The van der Waals surface area contributed by atoms with Crippen molar-refractivity contribution in [2.75, 3.05) is 0 Å². The molecule has 3 aromatic heterocycles. The van der Waals surface area contributed by atoms with Crippen LogP contribution in [0.3, 0.4) is 0 Å². The molecule has 27 heavy (non-hydrogen) atoms. The Kier molecular flexibility index (Phi) is 3.76. The van der Waals surface area contributed by atoms with Gasteiger partial charge in [-0.2, -0.15) is 10.4 Å². The minimum atomic E-state index is 0.119. The number of nitrogens with zero attached hydrogens (tertiary/aromatic N) is 5. The predicted molar refractivity (Wildman–Crippen MR) is 107 cm³/mol. The molecule has 0 amide bonds. The number of allylic oxidation sites excluding steroid dienone is 2. The van der Waals surface area contributed by atoms with Gasteiger partial charge in [0.15, 0.2) is 0 Å². The molecule has 1 aliphatic carbocycles. The van der Waals surface area contributed by atoms with Gasteiger partial charge < -0.3 is 0 Å². The monoisotopic (exact) mass is 371 g/mol. The minimum Gasteiger partial charge on any atom is -0.253 e. The van der Waals surface area contributed by atoms with Gasteiger partial charge in [0.2, 0.25) is 0 Å². The van der Waals surface area contributed by atoms with Crippen molar-refractivity contribution in [3.05, 3.63) is 53.6 Å². The molecule has 0 N–H and O–H groups in total. The molecule has 1 unspecified atom stereocenters. The molecule has 0 radical (unpaired) electrons. The Bertz CT molecular complexity index is 1240. The second kappa shape index (κ2) is 6.29. The summed E-state index contributed by atoms with van der Waals surface area (Å²) in [6.45, 7) is 2.03. The van der Waals surface area contributed by atoms with E-state index in [1.54, 1.807) is 17.5 Å². The highest BCUT2D eigenvalue weighted by molar-refractivity contribution is 7.18. The van der Waals surface area contributed by atoms with Crippen molar-refractivity contribution in [2.45, 2.75) is 26.2 Å². The van der Waals surface area contributed by atoms with Gasteiger partial charge in [0.25, 0.3) is 0 Å². The third-order valence-electron chi connectivity index (χ3n) is 5.13. The SMILES string of the molecule is Cc1nc2cc(-c3cnn4ccnc(C5=CCC(C#N)CC5)c34)ccc2s1. The Morgan fingerprint density at radius 1 is 1.33 bits per heavy atom. The molecule has 0 fully saturated rings. The summed E-state index contributed by atoms with van der Waals surface area (Å²) in [5.41, 5.74) is 6.38. The highest BCUT2D eigenvalue weighted by Gasteiger charge is 2.20. The van der Waals surface area contributed by atoms with Crippen molar-refractivity contribution >= 4 is 32.6 Å². The Morgan fingerprint density at radius 2 is 2.26 bits per heavy atom. The zero-order valence-corrected chi connectivity index (χ0v) is 15.7. The quantitative estimate of drug-likeness (QED) is 0.496. The van der Waals surface area contributed by atoms with Crippen molar-refractivity contribution in [3.8, 4) is 17.2 Å². The van der Waals surface area contributed by atoms with Gasteiger partial charge >= 0.3 is 0 Å². The summed E-state index contributed by atoms with van der Waals surface area (Å²) in [4.78, 5) is 9.31. The van der Waals surface area contributed by atoms with Crippen molar-refractivity contribution in [2.24, 2.45) is 5.92 Å². The fourth-order valence-electron chi connectivity index (χ4n) is 3.77. The number of nitriles is 1. The van der Waals surface area contributed by atoms with Crippen molar-refractivity contribution in [3.63, 3.8) is 0 Å². The summed E-state index contributed by atoms with van der Waals surface area (Å²) < 4.78 is 3.09. The zero-order valence-electron chi connectivity index (χ0n) is 14.9. The molecule has 0 bridgehead atoms. The van der Waals surface area contributed by atoms with Crippen molar-refractivity contribution in [1.29, 1.82) is 5.26 Å². The van der Waals surface area contributed by atoms with Crippen LogP contribution in [0.5, 0.6) is 0 Å². The summed E-state index contributed by atoms with van der Waals surface area (Å²) in [6.07, 6.45) is 10.3. The largest absolute Gasteiger partial charge is 0.253 e. The van der Waals surface area contributed by atoms with Crippen LogP contribution in [0.25, 0.3) is 32.4 Å². The van der Waals surface area contributed by atoms with Crippen LogP contribution in [0.15, 0.2) is 42.9 Å². The van der Waals surface area contributed by atoms with E-state index in [-0.39, 0.29) is 5.92 Å². The molecule has 6 heteroatoms. The molecule has 0 saturated heterocycles. The molecule has 132 valence electrons. The van der Waals surface area contributed by atoms with E-state index in [4.69, 9.17) is 5.26 Å². The first kappa shape index (κ1) is 16.2. The topological polar surface area (TPSA) is 66.9 Å². The number of hydrogen-bond acceptors (Lipinski definition) is 5. The van der Waals surface area contributed by atoms with Crippen LogP contribution in [0.4, 0.5) is 0 Å². The number of benzene rings is 1. The maximum atomic E-state index is 9.15. The number of hydrogen-bond donors (Lipinski definition) is 0. The van der Waals surface area contributed by atoms with E-state index in [0.717, 1.165) is 52.1 Å². The van der Waals surface area contributed by atoms with Crippen LogP contribution >= 0.6 is 11.3 Å². The number of thiazole rings is 1. The molecular formula is C21H17N5S. The summed E-state index contributed by atoms with van der Waals surface area (Å²) >= 11 is 1.71. The molecule has 5 rings (SSSR count). The first-order valence-corrected chi connectivity index (χ1v) is 9.83. The highest BCUT2D eigenvalue weighted by Crippen LogP contribution is 2.35. The summed E-state index contributed by atoms with van der Waals surface area (Å²) in [5.74, 6) is 0.119. The van der Waals surface area contributed by atoms with Gasteiger partial charge in [-0.25, -0.2) is 9.50 Å². The Hall–Kier alpha value is -3.04. The molecule has 1 aliphatic rings. The fourth-order valence-corrected chi connectivity index (χ4v) is 4.57. The molecule has 1 atom stereocenters. The van der Waals surface area contributed by atoms with Crippen LogP contribution in [-0.2, 0) is 0 Å². The van der Waals surface area contributed by atoms with E-state index in [1.807, 2.05) is 23.8 Å². The van der Waals surface area contributed by atoms with Gasteiger partial charge in [0.05, 0.1) is 44.6 Å². The summed E-state index contributed by atoms with van der Waals surface area (Å²) in [6, 6.07) is 8.77. The number of aromatic nitrogens is 4. The average molecular weight is 371 g/mol. The van der Waals surface area contributed by atoms with Crippen LogP contribution in [0.1, 0.15) is 30.0 Å². The predicted octanol–water partition coefficient (Wildman–Crippen LogP) is 5.02. The summed E-state index contributed by atoms with van der Waals surface area (Å²) in [5, 5.41) is 14.8. The lowest BCUT2D eigenvalue weighted by Crippen LogP contribution is -2.05. The molecular weight excluding hydrogens is 354 g/mol. The van der Waals surface area contributed by atoms with E-state index in [1.165, 1.54) is 10.3 Å². The highest BCUT2D eigenvalue weighted by atomic mass is 32.1. The lowest BCUT2D eigenvalue weighted by Gasteiger charge is -2.17. The van der Waals surface area contributed by atoms with Crippen molar-refractivity contribution < 1.29 is 0 Å². The molecule has 5 nitrogen and oxygen atoms in total. The Balaban J connectivity index is 1.67. The first-order valence-electron chi connectivity index (χ1n) is 9.02. The zero-order chi connectivity index (χ0) is 18.4. The molecule has 0 saturated carbocycles. The third-order valence-corrected chi connectivity index (χ3v) is 6.09. The minimum absolute atomic E-state index is 0.119. The van der Waals surface area contributed by atoms with Crippen LogP contribution in [0, 0.1) is 24.2 Å². The van der Waals surface area contributed by atoms with E-state index in [2.05, 4.69) is 45.4 Å². The van der Waals surface area contributed by atoms with Gasteiger partial charge in [-0.1, -0.05) is 12.1 Å². The van der Waals surface area contributed by atoms with Gasteiger partial charge in [0, 0.05) is 18.0 Å². The smallest absolute Gasteiger partial charge is 0.0999 e. The van der Waals surface area contributed by atoms with Gasteiger partial charge in [0.1, 0.15) is 0 Å². The second-order valence-corrected chi connectivity index (χ2v) is 8.11. The van der Waals surface area contributed by atoms with E-state index >= 15 is 0 Å². The van der Waals surface area contributed by atoms with Gasteiger partial charge in [-0.3, -0.25) is 4.98 Å². The second-order valence-electron chi connectivity index (χ2n) is 6.87. The number of rotatable bonds is 2. The van der Waals surface area contributed by atoms with E-state index < -0.39 is 0 Å². The van der Waals surface area contributed by atoms with E-state index in [0.29, 0.717) is 0 Å². The maximum Gasteiger partial charge on any atom is 0.0999 e. The van der Waals surface area contributed by atoms with Gasteiger partial charge in [-0.15, -0.1) is 11.3 Å². The van der Waals surface area contributed by atoms with Crippen LogP contribution < -0.4 is 0 Å². The lowest BCUT2D eigenvalue weighted by molar-refractivity contribution is 0.603. The number of aryl methyl sites for hydroxylation is 1.